The van der Waals surface area contributed by atoms with Crippen molar-refractivity contribution in [1.82, 2.24) is 5.32 Å². The summed E-state index contributed by atoms with van der Waals surface area (Å²) in [7, 11) is -4.16. The zero-order chi connectivity index (χ0) is 25.6. The van der Waals surface area contributed by atoms with Crippen LogP contribution in [-0.2, 0) is 14.8 Å². The Kier molecular flexibility index (Phi) is 8.77. The number of carbonyl (C=O) groups is 2. The van der Waals surface area contributed by atoms with Crippen molar-refractivity contribution in [3.05, 3.63) is 88.4 Å². The van der Waals surface area contributed by atoms with Crippen LogP contribution in [0.15, 0.2) is 77.7 Å². The Morgan fingerprint density at radius 1 is 0.943 bits per heavy atom. The highest BCUT2D eigenvalue weighted by molar-refractivity contribution is 7.92. The average molecular weight is 534 g/mol. The Morgan fingerprint density at radius 3 is 2.26 bits per heavy atom. The monoisotopic (exact) mass is 533 g/mol. The Labute approximate surface area is 215 Å². The first-order valence-electron chi connectivity index (χ1n) is 10.8. The average Bonchev–Trinajstić information content (AvgIpc) is 2.82. The Morgan fingerprint density at radius 2 is 1.60 bits per heavy atom. The molecule has 0 heterocycles. The number of carbonyl (C=O) groups excluding carboxylic acids is 2. The van der Waals surface area contributed by atoms with Gasteiger partial charge in [-0.3, -0.25) is 13.9 Å². The van der Waals surface area contributed by atoms with E-state index in [4.69, 9.17) is 23.2 Å². The van der Waals surface area contributed by atoms with Crippen LogP contribution in [0.5, 0.6) is 0 Å². The highest BCUT2D eigenvalue weighted by Gasteiger charge is 2.29. The van der Waals surface area contributed by atoms with E-state index in [0.29, 0.717) is 11.6 Å². The SMILES string of the molecule is CC(C)CNC(=O)c1ccccc1NC(=O)CN(c1ccc(Cl)cc1Cl)S(=O)(=O)c1ccccc1. The number of amides is 2. The second-order valence-corrected chi connectivity index (χ2v) is 10.8. The molecule has 184 valence electrons. The highest BCUT2D eigenvalue weighted by Crippen LogP contribution is 2.32. The topological polar surface area (TPSA) is 95.6 Å². The summed E-state index contributed by atoms with van der Waals surface area (Å²) >= 11 is 12.3. The van der Waals surface area contributed by atoms with Crippen molar-refractivity contribution >= 4 is 56.4 Å². The van der Waals surface area contributed by atoms with Gasteiger partial charge in [-0.15, -0.1) is 0 Å². The maximum absolute atomic E-state index is 13.5. The van der Waals surface area contributed by atoms with Crippen molar-refractivity contribution in [1.29, 1.82) is 0 Å². The maximum Gasteiger partial charge on any atom is 0.264 e. The molecule has 7 nitrogen and oxygen atoms in total. The van der Waals surface area contributed by atoms with Crippen molar-refractivity contribution in [2.45, 2.75) is 18.7 Å². The molecule has 0 unspecified atom stereocenters. The van der Waals surface area contributed by atoms with Crippen molar-refractivity contribution in [3.8, 4) is 0 Å². The third-order valence-electron chi connectivity index (χ3n) is 4.91. The Hall–Kier alpha value is -3.07. The summed E-state index contributed by atoms with van der Waals surface area (Å²) in [5.74, 6) is -0.745. The van der Waals surface area contributed by atoms with Gasteiger partial charge in [0.25, 0.3) is 15.9 Å². The molecule has 0 spiro atoms. The first-order chi connectivity index (χ1) is 16.6. The van der Waals surface area contributed by atoms with Gasteiger partial charge < -0.3 is 10.6 Å². The van der Waals surface area contributed by atoms with E-state index in [1.807, 2.05) is 13.8 Å². The molecule has 0 atom stereocenters. The van der Waals surface area contributed by atoms with Gasteiger partial charge in [0.2, 0.25) is 5.91 Å². The molecule has 0 aliphatic rings. The zero-order valence-corrected chi connectivity index (χ0v) is 21.5. The molecule has 0 aliphatic heterocycles. The van der Waals surface area contributed by atoms with Crippen LogP contribution in [0.4, 0.5) is 11.4 Å². The zero-order valence-electron chi connectivity index (χ0n) is 19.2. The summed E-state index contributed by atoms with van der Waals surface area (Å²) in [6.45, 7) is 3.83. The minimum atomic E-state index is -4.16. The maximum atomic E-state index is 13.5. The molecule has 3 aromatic rings. The predicted molar refractivity (Wildman–Crippen MR) is 140 cm³/mol. The Balaban J connectivity index is 1.92. The van der Waals surface area contributed by atoms with Gasteiger partial charge in [0, 0.05) is 11.6 Å². The quantitative estimate of drug-likeness (QED) is 0.394. The lowest BCUT2D eigenvalue weighted by molar-refractivity contribution is -0.114. The van der Waals surface area contributed by atoms with Crippen LogP contribution < -0.4 is 14.9 Å². The van der Waals surface area contributed by atoms with Gasteiger partial charge in [-0.2, -0.15) is 0 Å². The van der Waals surface area contributed by atoms with E-state index in [9.17, 15) is 18.0 Å². The van der Waals surface area contributed by atoms with Crippen LogP contribution in [-0.4, -0.2) is 33.3 Å². The van der Waals surface area contributed by atoms with E-state index >= 15 is 0 Å². The molecule has 0 radical (unpaired) electrons. The molecule has 2 N–H and O–H groups in total. The second kappa shape index (κ2) is 11.6. The van der Waals surface area contributed by atoms with Gasteiger partial charge in [-0.05, 0) is 48.4 Å². The molecular formula is C25H25Cl2N3O4S. The number of rotatable bonds is 9. The van der Waals surface area contributed by atoms with Crippen LogP contribution in [0.1, 0.15) is 24.2 Å². The summed E-state index contributed by atoms with van der Waals surface area (Å²) in [4.78, 5) is 25.7. The van der Waals surface area contributed by atoms with E-state index in [0.717, 1.165) is 4.31 Å². The fraction of sp³-hybridized carbons (Fsp3) is 0.200. The lowest BCUT2D eigenvalue weighted by Crippen LogP contribution is -2.38. The van der Waals surface area contributed by atoms with Gasteiger partial charge >= 0.3 is 0 Å². The third kappa shape index (κ3) is 6.75. The summed E-state index contributed by atoms with van der Waals surface area (Å²) < 4.78 is 27.9. The molecule has 3 aromatic carbocycles. The van der Waals surface area contributed by atoms with Gasteiger partial charge in [0.05, 0.1) is 26.9 Å². The molecule has 35 heavy (non-hydrogen) atoms. The highest BCUT2D eigenvalue weighted by atomic mass is 35.5. The largest absolute Gasteiger partial charge is 0.352 e. The number of benzene rings is 3. The molecule has 10 heteroatoms. The number of nitrogens with one attached hydrogen (secondary N) is 2. The normalized spacial score (nSPS) is 11.2. The van der Waals surface area contributed by atoms with Gasteiger partial charge in [-0.25, -0.2) is 8.42 Å². The molecule has 0 saturated heterocycles. The molecule has 0 bridgehead atoms. The van der Waals surface area contributed by atoms with Gasteiger partial charge in [0.15, 0.2) is 0 Å². The van der Waals surface area contributed by atoms with Gasteiger partial charge in [0.1, 0.15) is 6.54 Å². The van der Waals surface area contributed by atoms with Crippen molar-refractivity contribution < 1.29 is 18.0 Å². The number of para-hydroxylation sites is 1. The number of halogens is 2. The number of nitrogens with zero attached hydrogens (tertiary/aromatic N) is 1. The molecule has 0 aliphatic carbocycles. The van der Waals surface area contributed by atoms with E-state index in [1.165, 1.54) is 30.3 Å². The first-order valence-corrected chi connectivity index (χ1v) is 13.0. The Bertz CT molecular complexity index is 1320. The molecular weight excluding hydrogens is 509 g/mol. The van der Waals surface area contributed by atoms with Crippen molar-refractivity contribution in [2.75, 3.05) is 22.7 Å². The van der Waals surface area contributed by atoms with E-state index in [-0.39, 0.29) is 38.7 Å². The van der Waals surface area contributed by atoms with Gasteiger partial charge in [-0.1, -0.05) is 67.4 Å². The first kappa shape index (κ1) is 26.5. The molecule has 0 fully saturated rings. The van der Waals surface area contributed by atoms with Crippen molar-refractivity contribution in [2.24, 2.45) is 5.92 Å². The fourth-order valence-corrected chi connectivity index (χ4v) is 5.23. The van der Waals surface area contributed by atoms with Crippen LogP contribution in [0, 0.1) is 5.92 Å². The summed E-state index contributed by atoms with van der Waals surface area (Å²) in [6, 6.07) is 18.5. The minimum Gasteiger partial charge on any atom is -0.352 e. The fourth-order valence-electron chi connectivity index (χ4n) is 3.21. The van der Waals surface area contributed by atoms with E-state index < -0.39 is 22.5 Å². The lowest BCUT2D eigenvalue weighted by Gasteiger charge is -2.25. The number of hydrogen-bond donors (Lipinski definition) is 2. The van der Waals surface area contributed by atoms with Crippen LogP contribution in [0.3, 0.4) is 0 Å². The lowest BCUT2D eigenvalue weighted by atomic mass is 10.1. The van der Waals surface area contributed by atoms with Crippen LogP contribution in [0.25, 0.3) is 0 Å². The predicted octanol–water partition coefficient (Wildman–Crippen LogP) is 5.21. The number of anilines is 2. The van der Waals surface area contributed by atoms with E-state index in [1.54, 1.807) is 42.5 Å². The summed E-state index contributed by atoms with van der Waals surface area (Å²) in [5, 5.41) is 5.86. The van der Waals surface area contributed by atoms with Crippen molar-refractivity contribution in [3.63, 3.8) is 0 Å². The van der Waals surface area contributed by atoms with E-state index in [2.05, 4.69) is 10.6 Å². The number of hydrogen-bond acceptors (Lipinski definition) is 4. The van der Waals surface area contributed by atoms with Crippen LogP contribution in [0.2, 0.25) is 10.0 Å². The standard InChI is InChI=1S/C25H25Cl2N3O4S/c1-17(2)15-28-25(32)20-10-6-7-11-22(20)29-24(31)16-30(23-13-12-18(26)14-21(23)27)35(33,34)19-8-4-3-5-9-19/h3-14,17H,15-16H2,1-2H3,(H,28,32)(H,29,31). The minimum absolute atomic E-state index is 0.00715. The summed E-state index contributed by atoms with van der Waals surface area (Å²) in [6.07, 6.45) is 0. The summed E-state index contributed by atoms with van der Waals surface area (Å²) in [5.41, 5.74) is 0.625. The second-order valence-electron chi connectivity index (χ2n) is 8.12. The van der Waals surface area contributed by atoms with Crippen LogP contribution >= 0.6 is 23.2 Å². The molecule has 2 amide bonds. The third-order valence-corrected chi connectivity index (χ3v) is 7.23. The molecule has 0 aromatic heterocycles. The molecule has 3 rings (SSSR count). The smallest absolute Gasteiger partial charge is 0.264 e. The number of sulfonamides is 1. The molecule has 0 saturated carbocycles.